The van der Waals surface area contributed by atoms with Crippen molar-refractivity contribution in [3.63, 3.8) is 0 Å². The van der Waals surface area contributed by atoms with Gasteiger partial charge >= 0.3 is 6.18 Å². The van der Waals surface area contributed by atoms with Crippen molar-refractivity contribution >= 4 is 40.4 Å². The molecule has 1 aliphatic heterocycles. The lowest BCUT2D eigenvalue weighted by atomic mass is 10.00. The molecule has 1 fully saturated rings. The Morgan fingerprint density at radius 2 is 1.85 bits per heavy atom. The van der Waals surface area contributed by atoms with Gasteiger partial charge in [-0.25, -0.2) is 15.0 Å². The van der Waals surface area contributed by atoms with Gasteiger partial charge in [0.25, 0.3) is 0 Å². The van der Waals surface area contributed by atoms with Gasteiger partial charge in [-0.1, -0.05) is 11.6 Å². The van der Waals surface area contributed by atoms with Crippen LogP contribution < -0.4 is 10.6 Å². The fourth-order valence-corrected chi connectivity index (χ4v) is 4.17. The maximum absolute atomic E-state index is 13.5. The summed E-state index contributed by atoms with van der Waals surface area (Å²) in [6.07, 6.45) is 0.778. The topological polar surface area (TPSA) is 88.2 Å². The highest BCUT2D eigenvalue weighted by Gasteiger charge is 2.34. The number of aromatic nitrogens is 3. The summed E-state index contributed by atoms with van der Waals surface area (Å²) in [5.41, 5.74) is 5.66. The molecule has 0 aliphatic carbocycles. The number of hydrogen-bond acceptors (Lipinski definition) is 7. The Bertz CT molecular complexity index is 1240. The van der Waals surface area contributed by atoms with Crippen molar-refractivity contribution in [1.29, 1.82) is 0 Å². The van der Waals surface area contributed by atoms with E-state index in [4.69, 9.17) is 17.3 Å². The van der Waals surface area contributed by atoms with E-state index in [0.29, 0.717) is 48.5 Å². The molecule has 7 nitrogen and oxygen atoms in total. The fourth-order valence-electron chi connectivity index (χ4n) is 3.92. The van der Waals surface area contributed by atoms with E-state index in [1.807, 2.05) is 4.90 Å². The van der Waals surface area contributed by atoms with Crippen LogP contribution >= 0.6 is 11.6 Å². The van der Waals surface area contributed by atoms with Crippen LogP contribution in [0, 0.1) is 6.92 Å². The van der Waals surface area contributed by atoms with Gasteiger partial charge in [0.2, 0.25) is 0 Å². The summed E-state index contributed by atoms with van der Waals surface area (Å²) in [7, 11) is 0. The van der Waals surface area contributed by atoms with E-state index in [1.54, 1.807) is 18.3 Å². The number of benzene rings is 1. The number of piperazine rings is 1. The first-order valence-electron chi connectivity index (χ1n) is 10.1. The number of alkyl halides is 3. The van der Waals surface area contributed by atoms with Crippen LogP contribution in [0.3, 0.4) is 0 Å². The molecule has 0 unspecified atom stereocenters. The number of nitrogens with two attached hydrogens (primary N) is 1. The highest BCUT2D eigenvalue weighted by Crippen LogP contribution is 2.40. The van der Waals surface area contributed by atoms with E-state index >= 15 is 0 Å². The molecule has 1 aliphatic rings. The van der Waals surface area contributed by atoms with Crippen molar-refractivity contribution in [1.82, 2.24) is 19.9 Å². The molecule has 0 bridgehead atoms. The van der Waals surface area contributed by atoms with Crippen molar-refractivity contribution in [3.05, 3.63) is 53.0 Å². The van der Waals surface area contributed by atoms with Crippen molar-refractivity contribution in [2.45, 2.75) is 13.1 Å². The quantitative estimate of drug-likeness (QED) is 0.448. The number of aldehydes is 1. The minimum atomic E-state index is -4.57. The van der Waals surface area contributed by atoms with Crippen molar-refractivity contribution in [2.75, 3.05) is 36.8 Å². The largest absolute Gasteiger partial charge is 0.416 e. The number of pyridine rings is 1. The second-order valence-corrected chi connectivity index (χ2v) is 8.02. The molecule has 4 rings (SSSR count). The number of anilines is 2. The summed E-state index contributed by atoms with van der Waals surface area (Å²) in [6, 6.07) is 4.08. The standard InChI is InChI=1S/C22H20ClF3N6O/c1-13-16(22(24,25)26)11-19(27)30-20(13)14-10-18-15(9-17(14)23)21(29-12-28-18)32-6-4-31(5-7-32)3-2-8-33/h2-3,8-12H,4-7H2,1H3,(H2,27,30). The SMILES string of the molecule is Cc1c(C(F)(F)F)cc(N)nc1-c1cc2ncnc(N3CCN(C=CC=O)CC3)c2cc1Cl. The first-order chi connectivity index (χ1) is 15.7. The molecular weight excluding hydrogens is 457 g/mol. The van der Waals surface area contributed by atoms with Crippen molar-refractivity contribution in [2.24, 2.45) is 0 Å². The Morgan fingerprint density at radius 1 is 1.12 bits per heavy atom. The number of carbonyl (C=O) groups is 1. The third kappa shape index (κ3) is 4.56. The van der Waals surface area contributed by atoms with Gasteiger partial charge in [0.15, 0.2) is 0 Å². The van der Waals surface area contributed by atoms with Gasteiger partial charge < -0.3 is 15.5 Å². The molecular formula is C22H20ClF3N6O. The summed E-state index contributed by atoms with van der Waals surface area (Å²) in [6.45, 7) is 4.08. The number of carbonyl (C=O) groups excluding carboxylic acids is 1. The molecule has 3 heterocycles. The predicted molar refractivity (Wildman–Crippen MR) is 121 cm³/mol. The van der Waals surface area contributed by atoms with Gasteiger partial charge in [-0.2, -0.15) is 13.2 Å². The third-order valence-corrected chi connectivity index (χ3v) is 5.86. The Labute approximate surface area is 192 Å². The number of fused-ring (bicyclic) bond motifs is 1. The van der Waals surface area contributed by atoms with E-state index in [2.05, 4.69) is 19.9 Å². The van der Waals surface area contributed by atoms with Crippen LogP contribution in [-0.4, -0.2) is 52.3 Å². The van der Waals surface area contributed by atoms with Gasteiger partial charge in [-0.05, 0) is 36.8 Å². The molecule has 172 valence electrons. The van der Waals surface area contributed by atoms with Gasteiger partial charge in [-0.15, -0.1) is 0 Å². The first kappa shape index (κ1) is 22.8. The Kier molecular flexibility index (Phi) is 6.11. The summed E-state index contributed by atoms with van der Waals surface area (Å²) >= 11 is 6.53. The normalized spacial score (nSPS) is 14.9. The van der Waals surface area contributed by atoms with Crippen LogP contribution in [-0.2, 0) is 11.0 Å². The average molecular weight is 477 g/mol. The lowest BCUT2D eigenvalue weighted by Crippen LogP contribution is -2.44. The van der Waals surface area contributed by atoms with Crippen LogP contribution in [0.25, 0.3) is 22.2 Å². The fraction of sp³-hybridized carbons (Fsp3) is 0.273. The summed E-state index contributed by atoms with van der Waals surface area (Å²) in [4.78, 5) is 27.5. The summed E-state index contributed by atoms with van der Waals surface area (Å²) in [5, 5.41) is 0.904. The molecule has 0 saturated carbocycles. The zero-order valence-corrected chi connectivity index (χ0v) is 18.4. The van der Waals surface area contributed by atoms with Crippen LogP contribution in [0.15, 0.2) is 36.8 Å². The van der Waals surface area contributed by atoms with Gasteiger partial charge in [0, 0.05) is 43.3 Å². The zero-order valence-electron chi connectivity index (χ0n) is 17.6. The maximum atomic E-state index is 13.5. The molecule has 1 aromatic carbocycles. The lowest BCUT2D eigenvalue weighted by Gasteiger charge is -2.35. The monoisotopic (exact) mass is 476 g/mol. The smallest absolute Gasteiger partial charge is 0.384 e. The third-order valence-electron chi connectivity index (χ3n) is 5.55. The van der Waals surface area contributed by atoms with E-state index < -0.39 is 11.7 Å². The molecule has 0 amide bonds. The molecule has 2 N–H and O–H groups in total. The molecule has 3 aromatic rings. The van der Waals surface area contributed by atoms with Gasteiger partial charge in [0.05, 0.1) is 21.8 Å². The first-order valence-corrected chi connectivity index (χ1v) is 10.5. The van der Waals surface area contributed by atoms with Crippen molar-refractivity contribution in [3.8, 4) is 11.3 Å². The van der Waals surface area contributed by atoms with Gasteiger partial charge in [0.1, 0.15) is 24.2 Å². The predicted octanol–water partition coefficient (Wildman–Crippen LogP) is 4.09. The van der Waals surface area contributed by atoms with Crippen LogP contribution in [0.5, 0.6) is 0 Å². The molecule has 0 radical (unpaired) electrons. The zero-order chi connectivity index (χ0) is 23.8. The molecule has 33 heavy (non-hydrogen) atoms. The number of nitrogen functional groups attached to an aromatic ring is 1. The van der Waals surface area contributed by atoms with E-state index in [0.717, 1.165) is 12.4 Å². The average Bonchev–Trinajstić information content (AvgIpc) is 2.78. The summed E-state index contributed by atoms with van der Waals surface area (Å²) in [5.74, 6) is 0.435. The maximum Gasteiger partial charge on any atom is 0.416 e. The second kappa shape index (κ2) is 8.86. The molecule has 1 saturated heterocycles. The minimum Gasteiger partial charge on any atom is -0.384 e. The molecule has 11 heteroatoms. The Hall–Kier alpha value is -3.40. The highest BCUT2D eigenvalue weighted by atomic mass is 35.5. The number of allylic oxidation sites excluding steroid dienone is 1. The highest BCUT2D eigenvalue weighted by molar-refractivity contribution is 6.34. The number of rotatable bonds is 4. The number of hydrogen-bond donors (Lipinski definition) is 1. The van der Waals surface area contributed by atoms with Crippen LogP contribution in [0.1, 0.15) is 11.1 Å². The minimum absolute atomic E-state index is 0.0602. The van der Waals surface area contributed by atoms with Crippen molar-refractivity contribution < 1.29 is 18.0 Å². The van der Waals surface area contributed by atoms with E-state index in [1.165, 1.54) is 19.3 Å². The Morgan fingerprint density at radius 3 is 2.52 bits per heavy atom. The Balaban J connectivity index is 1.74. The molecule has 0 spiro atoms. The number of halogens is 4. The molecule has 2 aromatic heterocycles. The van der Waals surface area contributed by atoms with Crippen LogP contribution in [0.2, 0.25) is 5.02 Å². The molecule has 0 atom stereocenters. The van der Waals surface area contributed by atoms with Gasteiger partial charge in [-0.3, -0.25) is 4.79 Å². The van der Waals surface area contributed by atoms with E-state index in [-0.39, 0.29) is 22.1 Å². The summed E-state index contributed by atoms with van der Waals surface area (Å²) < 4.78 is 40.4. The second-order valence-electron chi connectivity index (χ2n) is 7.61. The lowest BCUT2D eigenvalue weighted by molar-refractivity contribution is -0.138. The van der Waals surface area contributed by atoms with E-state index in [9.17, 15) is 18.0 Å². The number of nitrogens with zero attached hydrogens (tertiary/aromatic N) is 5. The van der Waals surface area contributed by atoms with Crippen LogP contribution in [0.4, 0.5) is 24.8 Å².